The predicted molar refractivity (Wildman–Crippen MR) is 95.9 cm³/mol. The molecule has 0 radical (unpaired) electrons. The minimum absolute atomic E-state index is 0.0227. The topological polar surface area (TPSA) is 64.6 Å². The molecule has 0 saturated carbocycles. The highest BCUT2D eigenvalue weighted by Gasteiger charge is 2.36. The summed E-state index contributed by atoms with van der Waals surface area (Å²) in [6.45, 7) is 1.21. The SMILES string of the molecule is O=C(C1CC(c2ccc(O)cc2)NN1)N1CCC(c2ccccc2F)C1. The number of hydrogen-bond acceptors (Lipinski definition) is 4. The number of aromatic hydroxyl groups is 1. The third-order valence-corrected chi connectivity index (χ3v) is 5.34. The number of carbonyl (C=O) groups is 1. The molecule has 0 aliphatic carbocycles. The quantitative estimate of drug-likeness (QED) is 0.791. The summed E-state index contributed by atoms with van der Waals surface area (Å²) in [7, 11) is 0. The summed E-state index contributed by atoms with van der Waals surface area (Å²) >= 11 is 0. The molecule has 3 N–H and O–H groups in total. The lowest BCUT2D eigenvalue weighted by molar-refractivity contribution is -0.132. The van der Waals surface area contributed by atoms with Gasteiger partial charge in [-0.1, -0.05) is 30.3 Å². The van der Waals surface area contributed by atoms with Gasteiger partial charge in [-0.15, -0.1) is 0 Å². The number of likely N-dealkylation sites (tertiary alicyclic amines) is 1. The number of benzene rings is 2. The van der Waals surface area contributed by atoms with Crippen LogP contribution in [-0.2, 0) is 4.79 Å². The van der Waals surface area contributed by atoms with E-state index in [1.54, 1.807) is 18.2 Å². The number of phenolic OH excluding ortho intramolecular Hbond substituents is 1. The number of halogens is 1. The Hall–Kier alpha value is -2.44. The molecular weight excluding hydrogens is 333 g/mol. The summed E-state index contributed by atoms with van der Waals surface area (Å²) < 4.78 is 14.0. The van der Waals surface area contributed by atoms with Gasteiger partial charge in [0.2, 0.25) is 5.91 Å². The van der Waals surface area contributed by atoms with Crippen molar-refractivity contribution in [3.05, 3.63) is 65.5 Å². The normalized spacial score (nSPS) is 25.6. The second-order valence-corrected chi connectivity index (χ2v) is 7.01. The molecule has 2 aromatic carbocycles. The highest BCUT2D eigenvalue weighted by molar-refractivity contribution is 5.82. The van der Waals surface area contributed by atoms with Crippen molar-refractivity contribution in [2.45, 2.75) is 30.8 Å². The zero-order valence-corrected chi connectivity index (χ0v) is 14.4. The van der Waals surface area contributed by atoms with Gasteiger partial charge in [0.25, 0.3) is 0 Å². The van der Waals surface area contributed by atoms with E-state index in [1.807, 2.05) is 29.2 Å². The van der Waals surface area contributed by atoms with Crippen LogP contribution in [0.3, 0.4) is 0 Å². The van der Waals surface area contributed by atoms with Crippen molar-refractivity contribution in [2.24, 2.45) is 0 Å². The van der Waals surface area contributed by atoms with Crippen molar-refractivity contribution in [3.63, 3.8) is 0 Å². The lowest BCUT2D eigenvalue weighted by Gasteiger charge is -2.20. The van der Waals surface area contributed by atoms with Gasteiger partial charge in [-0.3, -0.25) is 4.79 Å². The molecule has 5 nitrogen and oxygen atoms in total. The summed E-state index contributed by atoms with van der Waals surface area (Å²) in [5, 5.41) is 9.40. The molecule has 26 heavy (non-hydrogen) atoms. The van der Waals surface area contributed by atoms with Crippen LogP contribution in [0.2, 0.25) is 0 Å². The van der Waals surface area contributed by atoms with Crippen molar-refractivity contribution in [2.75, 3.05) is 13.1 Å². The number of hydrogen-bond donors (Lipinski definition) is 3. The lowest BCUT2D eigenvalue weighted by Crippen LogP contribution is -2.44. The second kappa shape index (κ2) is 7.05. The minimum atomic E-state index is -0.298. The summed E-state index contributed by atoms with van der Waals surface area (Å²) in [4.78, 5) is 14.7. The molecule has 3 unspecified atom stereocenters. The van der Waals surface area contributed by atoms with E-state index in [2.05, 4.69) is 10.9 Å². The van der Waals surface area contributed by atoms with Gasteiger partial charge in [-0.05, 0) is 42.2 Å². The zero-order valence-electron chi connectivity index (χ0n) is 14.4. The van der Waals surface area contributed by atoms with Gasteiger partial charge in [-0.25, -0.2) is 15.2 Å². The minimum Gasteiger partial charge on any atom is -0.508 e. The maximum Gasteiger partial charge on any atom is 0.241 e. The van der Waals surface area contributed by atoms with E-state index in [0.717, 1.165) is 12.0 Å². The molecule has 2 heterocycles. The molecule has 2 fully saturated rings. The Morgan fingerprint density at radius 2 is 1.88 bits per heavy atom. The van der Waals surface area contributed by atoms with E-state index in [0.29, 0.717) is 25.1 Å². The first-order valence-electron chi connectivity index (χ1n) is 8.95. The predicted octanol–water partition coefficient (Wildman–Crippen LogP) is 2.46. The van der Waals surface area contributed by atoms with Gasteiger partial charge in [0, 0.05) is 25.0 Å². The van der Waals surface area contributed by atoms with Gasteiger partial charge in [0.1, 0.15) is 17.6 Å². The number of nitrogens with one attached hydrogen (secondary N) is 2. The van der Waals surface area contributed by atoms with Crippen LogP contribution in [0, 0.1) is 5.82 Å². The molecule has 0 spiro atoms. The van der Waals surface area contributed by atoms with Gasteiger partial charge in [0.05, 0.1) is 0 Å². The van der Waals surface area contributed by atoms with Crippen LogP contribution >= 0.6 is 0 Å². The maximum absolute atomic E-state index is 14.0. The first-order chi connectivity index (χ1) is 12.6. The Balaban J connectivity index is 1.38. The first kappa shape index (κ1) is 17.0. The standard InChI is InChI=1S/C20H22FN3O2/c21-17-4-2-1-3-16(17)14-9-10-24(12-14)20(26)19-11-18(22-23-19)13-5-7-15(25)8-6-13/h1-8,14,18-19,22-23,25H,9-12H2. The summed E-state index contributed by atoms with van der Waals surface area (Å²) in [6, 6.07) is 13.5. The Labute approximate surface area is 151 Å². The Bertz CT molecular complexity index is 796. The number of amides is 1. The van der Waals surface area contributed by atoms with Gasteiger partial charge in [-0.2, -0.15) is 0 Å². The summed E-state index contributed by atoms with van der Waals surface area (Å²) in [5.74, 6) is 0.142. The molecule has 2 aromatic rings. The molecule has 2 saturated heterocycles. The maximum atomic E-state index is 14.0. The van der Waals surface area contributed by atoms with E-state index in [1.165, 1.54) is 6.07 Å². The van der Waals surface area contributed by atoms with Crippen LogP contribution in [0.4, 0.5) is 4.39 Å². The van der Waals surface area contributed by atoms with Crippen LogP contribution in [0.5, 0.6) is 5.75 Å². The number of hydrazine groups is 1. The largest absolute Gasteiger partial charge is 0.508 e. The molecule has 0 aromatic heterocycles. The molecule has 6 heteroatoms. The van der Waals surface area contributed by atoms with Crippen LogP contribution in [0.15, 0.2) is 48.5 Å². The van der Waals surface area contributed by atoms with E-state index in [9.17, 15) is 14.3 Å². The molecular formula is C20H22FN3O2. The smallest absolute Gasteiger partial charge is 0.241 e. The van der Waals surface area contributed by atoms with E-state index < -0.39 is 0 Å². The van der Waals surface area contributed by atoms with Crippen LogP contribution < -0.4 is 10.9 Å². The molecule has 1 amide bonds. The molecule has 0 bridgehead atoms. The Morgan fingerprint density at radius 3 is 2.65 bits per heavy atom. The van der Waals surface area contributed by atoms with Crippen molar-refractivity contribution in [1.29, 1.82) is 0 Å². The number of phenols is 1. The highest BCUT2D eigenvalue weighted by Crippen LogP contribution is 2.31. The second-order valence-electron chi connectivity index (χ2n) is 7.01. The fourth-order valence-electron chi connectivity index (χ4n) is 3.88. The summed E-state index contributed by atoms with van der Waals surface area (Å²) in [6.07, 6.45) is 1.43. The third-order valence-electron chi connectivity index (χ3n) is 5.34. The van der Waals surface area contributed by atoms with Crippen molar-refractivity contribution < 1.29 is 14.3 Å². The van der Waals surface area contributed by atoms with E-state index in [-0.39, 0.29) is 35.5 Å². The fourth-order valence-corrected chi connectivity index (χ4v) is 3.88. The van der Waals surface area contributed by atoms with Gasteiger partial charge < -0.3 is 10.0 Å². The van der Waals surface area contributed by atoms with Crippen molar-refractivity contribution in [3.8, 4) is 5.75 Å². The number of nitrogens with zero attached hydrogens (tertiary/aromatic N) is 1. The lowest BCUT2D eigenvalue weighted by atomic mass is 9.98. The van der Waals surface area contributed by atoms with E-state index >= 15 is 0 Å². The first-order valence-corrected chi connectivity index (χ1v) is 8.95. The van der Waals surface area contributed by atoms with Crippen molar-refractivity contribution in [1.82, 2.24) is 15.8 Å². The fraction of sp³-hybridized carbons (Fsp3) is 0.350. The average molecular weight is 355 g/mol. The number of carbonyl (C=O) groups excluding carboxylic acids is 1. The molecule has 136 valence electrons. The number of rotatable bonds is 3. The third kappa shape index (κ3) is 3.30. The van der Waals surface area contributed by atoms with Gasteiger partial charge >= 0.3 is 0 Å². The average Bonchev–Trinajstić information content (AvgIpc) is 3.32. The van der Waals surface area contributed by atoms with Gasteiger partial charge in [0.15, 0.2) is 0 Å². The van der Waals surface area contributed by atoms with Crippen LogP contribution in [0.1, 0.15) is 35.9 Å². The highest BCUT2D eigenvalue weighted by atomic mass is 19.1. The van der Waals surface area contributed by atoms with Crippen molar-refractivity contribution >= 4 is 5.91 Å². The molecule has 3 atom stereocenters. The van der Waals surface area contributed by atoms with Crippen LogP contribution in [-0.4, -0.2) is 35.0 Å². The molecule has 4 rings (SSSR count). The summed E-state index contributed by atoms with van der Waals surface area (Å²) in [5.41, 5.74) is 7.97. The molecule has 2 aliphatic rings. The molecule has 2 aliphatic heterocycles. The van der Waals surface area contributed by atoms with Crippen LogP contribution in [0.25, 0.3) is 0 Å². The Kier molecular flexibility index (Phi) is 4.61. The monoisotopic (exact) mass is 355 g/mol. The zero-order chi connectivity index (χ0) is 18.1. The Morgan fingerprint density at radius 1 is 1.12 bits per heavy atom. The van der Waals surface area contributed by atoms with E-state index in [4.69, 9.17) is 0 Å².